The molecule has 1 aromatic carbocycles. The molecule has 0 aliphatic carbocycles. The third-order valence-corrected chi connectivity index (χ3v) is 3.76. The van der Waals surface area contributed by atoms with Crippen LogP contribution in [0.25, 0.3) is 0 Å². The van der Waals surface area contributed by atoms with Crippen molar-refractivity contribution in [2.24, 2.45) is 0 Å². The Labute approximate surface area is 116 Å². The summed E-state index contributed by atoms with van der Waals surface area (Å²) in [5.74, 6) is -0.313. The first-order valence-electron chi connectivity index (χ1n) is 5.46. The lowest BCUT2D eigenvalue weighted by molar-refractivity contribution is 0.0743. The van der Waals surface area contributed by atoms with Gasteiger partial charge in [0.15, 0.2) is 0 Å². The van der Waals surface area contributed by atoms with Gasteiger partial charge in [-0.3, -0.25) is 4.79 Å². The smallest absolute Gasteiger partial charge is 0.261 e. The number of carbonyl (C=O) groups is 1. The highest BCUT2D eigenvalue weighted by Gasteiger charge is 2.15. The summed E-state index contributed by atoms with van der Waals surface area (Å²) < 4.78 is 22.2. The molecule has 19 heavy (non-hydrogen) atoms. The van der Waals surface area contributed by atoms with Crippen LogP contribution in [-0.2, 0) is 9.05 Å². The molecule has 1 aromatic rings. The second-order valence-electron chi connectivity index (χ2n) is 3.73. The Hall–Kier alpha value is -1.37. The van der Waals surface area contributed by atoms with Gasteiger partial charge in [-0.1, -0.05) is 6.08 Å². The van der Waals surface area contributed by atoms with Gasteiger partial charge in [0.25, 0.3) is 15.0 Å². The minimum Gasteiger partial charge on any atom is -0.395 e. The van der Waals surface area contributed by atoms with Gasteiger partial charge in [0.05, 0.1) is 11.5 Å². The van der Waals surface area contributed by atoms with E-state index in [1.807, 2.05) is 0 Å². The lowest BCUT2D eigenvalue weighted by atomic mass is 10.2. The lowest BCUT2D eigenvalue weighted by Crippen LogP contribution is -2.33. The highest BCUT2D eigenvalue weighted by molar-refractivity contribution is 8.13. The van der Waals surface area contributed by atoms with E-state index in [-0.39, 0.29) is 24.0 Å². The Morgan fingerprint density at radius 3 is 2.37 bits per heavy atom. The van der Waals surface area contributed by atoms with Crippen LogP contribution in [0.5, 0.6) is 0 Å². The number of halogens is 1. The number of amides is 1. The fourth-order valence-corrected chi connectivity index (χ4v) is 2.26. The van der Waals surface area contributed by atoms with Crippen LogP contribution in [0, 0.1) is 0 Å². The maximum absolute atomic E-state index is 12.1. The molecule has 0 fully saturated rings. The van der Waals surface area contributed by atoms with Crippen LogP contribution in [0.3, 0.4) is 0 Å². The third kappa shape index (κ3) is 4.34. The van der Waals surface area contributed by atoms with Gasteiger partial charge in [0, 0.05) is 29.3 Å². The minimum absolute atomic E-state index is 0.0665. The monoisotopic (exact) mass is 303 g/mol. The standard InChI is InChI=1S/C12H14ClNO4S/c1-2-7-14(8-9-15)12(16)10-3-5-11(6-4-10)19(13,17)18/h2-6,15H,1,7-9H2. The van der Waals surface area contributed by atoms with E-state index in [9.17, 15) is 13.2 Å². The van der Waals surface area contributed by atoms with E-state index in [1.54, 1.807) is 6.08 Å². The number of benzene rings is 1. The van der Waals surface area contributed by atoms with E-state index in [4.69, 9.17) is 15.8 Å². The number of rotatable bonds is 6. The zero-order chi connectivity index (χ0) is 14.5. The van der Waals surface area contributed by atoms with Gasteiger partial charge in [-0.15, -0.1) is 6.58 Å². The average Bonchev–Trinajstić information content (AvgIpc) is 2.37. The Bertz CT molecular complexity index is 554. The summed E-state index contributed by atoms with van der Waals surface area (Å²) in [6.45, 7) is 3.86. The Balaban J connectivity index is 2.96. The van der Waals surface area contributed by atoms with Gasteiger partial charge >= 0.3 is 0 Å². The first-order valence-corrected chi connectivity index (χ1v) is 7.77. The molecule has 5 nitrogen and oxygen atoms in total. The molecule has 0 unspecified atom stereocenters. The van der Waals surface area contributed by atoms with Crippen LogP contribution in [0.2, 0.25) is 0 Å². The van der Waals surface area contributed by atoms with Crippen molar-refractivity contribution >= 4 is 25.6 Å². The molecule has 104 valence electrons. The maximum Gasteiger partial charge on any atom is 0.261 e. The molecule has 0 aliphatic rings. The molecule has 0 heterocycles. The quantitative estimate of drug-likeness (QED) is 0.634. The molecule has 7 heteroatoms. The molecule has 0 radical (unpaired) electrons. The maximum atomic E-state index is 12.1. The van der Waals surface area contributed by atoms with Crippen LogP contribution >= 0.6 is 10.7 Å². The van der Waals surface area contributed by atoms with Crippen LogP contribution in [0.4, 0.5) is 0 Å². The van der Waals surface area contributed by atoms with Crippen LogP contribution in [0.15, 0.2) is 41.8 Å². The Kier molecular flexibility index (Phi) is 5.53. The van der Waals surface area contributed by atoms with Crippen molar-refractivity contribution in [3.05, 3.63) is 42.5 Å². The third-order valence-electron chi connectivity index (χ3n) is 2.39. The number of nitrogens with zero attached hydrogens (tertiary/aromatic N) is 1. The Morgan fingerprint density at radius 1 is 1.37 bits per heavy atom. The van der Waals surface area contributed by atoms with Gasteiger partial charge in [-0.2, -0.15) is 0 Å². The highest BCUT2D eigenvalue weighted by atomic mass is 35.7. The first-order chi connectivity index (χ1) is 8.90. The summed E-state index contributed by atoms with van der Waals surface area (Å²) in [6.07, 6.45) is 1.55. The zero-order valence-electron chi connectivity index (χ0n) is 10.1. The van der Waals surface area contributed by atoms with Crippen molar-refractivity contribution < 1.29 is 18.3 Å². The Morgan fingerprint density at radius 2 is 1.95 bits per heavy atom. The number of carbonyl (C=O) groups excluding carboxylic acids is 1. The minimum atomic E-state index is -3.79. The second kappa shape index (κ2) is 6.70. The highest BCUT2D eigenvalue weighted by Crippen LogP contribution is 2.16. The zero-order valence-corrected chi connectivity index (χ0v) is 11.7. The van der Waals surface area contributed by atoms with Crippen LogP contribution in [0.1, 0.15) is 10.4 Å². The molecule has 1 N–H and O–H groups in total. The number of hydrogen-bond acceptors (Lipinski definition) is 4. The van der Waals surface area contributed by atoms with E-state index in [2.05, 4.69) is 6.58 Å². The predicted octanol–water partition coefficient (Wildman–Crippen LogP) is 1.23. The molecule has 0 saturated carbocycles. The molecule has 1 rings (SSSR count). The molecular weight excluding hydrogens is 290 g/mol. The second-order valence-corrected chi connectivity index (χ2v) is 6.29. The van der Waals surface area contributed by atoms with Crippen molar-refractivity contribution in [1.82, 2.24) is 4.90 Å². The van der Waals surface area contributed by atoms with Crippen molar-refractivity contribution in [2.45, 2.75) is 4.90 Å². The molecule has 0 spiro atoms. The van der Waals surface area contributed by atoms with Gasteiger partial charge in [-0.05, 0) is 24.3 Å². The summed E-state index contributed by atoms with van der Waals surface area (Å²) in [7, 11) is 1.39. The fourth-order valence-electron chi connectivity index (χ4n) is 1.49. The van der Waals surface area contributed by atoms with Crippen molar-refractivity contribution in [1.29, 1.82) is 0 Å². The molecule has 1 amide bonds. The average molecular weight is 304 g/mol. The van der Waals surface area contributed by atoms with Crippen LogP contribution in [-0.4, -0.2) is 44.0 Å². The molecule has 0 bridgehead atoms. The van der Waals surface area contributed by atoms with Crippen molar-refractivity contribution in [2.75, 3.05) is 19.7 Å². The largest absolute Gasteiger partial charge is 0.395 e. The number of aliphatic hydroxyl groups is 1. The van der Waals surface area contributed by atoms with E-state index in [1.165, 1.54) is 29.2 Å². The molecule has 0 aliphatic heterocycles. The summed E-state index contributed by atoms with van der Waals surface area (Å²) >= 11 is 0. The molecule has 0 saturated heterocycles. The van der Waals surface area contributed by atoms with E-state index >= 15 is 0 Å². The fraction of sp³-hybridized carbons (Fsp3) is 0.250. The molecule has 0 aromatic heterocycles. The summed E-state index contributed by atoms with van der Waals surface area (Å²) in [6, 6.07) is 5.29. The van der Waals surface area contributed by atoms with E-state index in [0.717, 1.165) is 0 Å². The van der Waals surface area contributed by atoms with Gasteiger partial charge in [0.1, 0.15) is 0 Å². The SMILES string of the molecule is C=CCN(CCO)C(=O)c1ccc(S(=O)(=O)Cl)cc1. The number of hydrogen-bond donors (Lipinski definition) is 1. The summed E-state index contributed by atoms with van der Waals surface area (Å²) in [5, 5.41) is 8.88. The number of aliphatic hydroxyl groups excluding tert-OH is 1. The van der Waals surface area contributed by atoms with E-state index in [0.29, 0.717) is 12.1 Å². The first kappa shape index (κ1) is 15.7. The lowest BCUT2D eigenvalue weighted by Gasteiger charge is -2.19. The van der Waals surface area contributed by atoms with Gasteiger partial charge in [0.2, 0.25) is 0 Å². The summed E-state index contributed by atoms with van der Waals surface area (Å²) in [4.78, 5) is 13.4. The van der Waals surface area contributed by atoms with Crippen molar-refractivity contribution in [3.63, 3.8) is 0 Å². The van der Waals surface area contributed by atoms with Crippen molar-refractivity contribution in [3.8, 4) is 0 Å². The topological polar surface area (TPSA) is 74.7 Å². The van der Waals surface area contributed by atoms with Gasteiger partial charge < -0.3 is 10.0 Å². The predicted molar refractivity (Wildman–Crippen MR) is 72.7 cm³/mol. The van der Waals surface area contributed by atoms with Gasteiger partial charge in [-0.25, -0.2) is 8.42 Å². The normalized spacial score (nSPS) is 11.1. The summed E-state index contributed by atoms with van der Waals surface area (Å²) in [5.41, 5.74) is 0.319. The molecular formula is C12H14ClNO4S. The van der Waals surface area contributed by atoms with E-state index < -0.39 is 9.05 Å². The van der Waals surface area contributed by atoms with Crippen LogP contribution < -0.4 is 0 Å². The molecule has 0 atom stereocenters.